The maximum atomic E-state index is 12.7. The summed E-state index contributed by atoms with van der Waals surface area (Å²) in [6, 6.07) is 7.41. The van der Waals surface area contributed by atoms with Gasteiger partial charge >= 0.3 is 6.09 Å². The van der Waals surface area contributed by atoms with Crippen molar-refractivity contribution in [1.29, 1.82) is 0 Å². The highest BCUT2D eigenvalue weighted by Gasteiger charge is 2.34. The minimum Gasteiger partial charge on any atom is -0.450 e. The summed E-state index contributed by atoms with van der Waals surface area (Å²) in [6.07, 6.45) is 0.0189. The maximum absolute atomic E-state index is 12.7. The predicted octanol–water partition coefficient (Wildman–Crippen LogP) is 3.77. The number of thiophene rings is 1. The second kappa shape index (κ2) is 6.81. The summed E-state index contributed by atoms with van der Waals surface area (Å²) in [4.78, 5) is 27.4. The van der Waals surface area contributed by atoms with E-state index in [-0.39, 0.29) is 18.2 Å². The number of hydrogen-bond donors (Lipinski definition) is 2. The number of fused-ring (bicyclic) bond motifs is 3. The Kier molecular flexibility index (Phi) is 4.50. The van der Waals surface area contributed by atoms with E-state index in [4.69, 9.17) is 16.3 Å². The zero-order chi connectivity index (χ0) is 18.3. The van der Waals surface area contributed by atoms with E-state index in [1.807, 2.05) is 18.2 Å². The van der Waals surface area contributed by atoms with Gasteiger partial charge in [-0.2, -0.15) is 0 Å². The van der Waals surface area contributed by atoms with E-state index in [0.717, 1.165) is 21.0 Å². The van der Waals surface area contributed by atoms with Gasteiger partial charge in [-0.1, -0.05) is 23.7 Å². The van der Waals surface area contributed by atoms with Gasteiger partial charge < -0.3 is 20.3 Å². The number of nitrogens with zero attached hydrogens (tertiary/aromatic N) is 1. The molecule has 0 fully saturated rings. The van der Waals surface area contributed by atoms with Crippen LogP contribution >= 0.6 is 22.9 Å². The summed E-state index contributed by atoms with van der Waals surface area (Å²) < 4.78 is 5.09. The number of nitrogens with one attached hydrogen (secondary N) is 2. The van der Waals surface area contributed by atoms with Crippen molar-refractivity contribution >= 4 is 39.9 Å². The van der Waals surface area contributed by atoms with Crippen molar-refractivity contribution in [3.8, 4) is 0 Å². The molecule has 1 atom stereocenters. The fourth-order valence-corrected chi connectivity index (χ4v) is 4.83. The van der Waals surface area contributed by atoms with Gasteiger partial charge in [-0.25, -0.2) is 4.79 Å². The zero-order valence-corrected chi connectivity index (χ0v) is 15.7. The molecular formula is C18H18ClN3O3S. The third-order valence-corrected chi connectivity index (χ3v) is 5.93. The van der Waals surface area contributed by atoms with Crippen LogP contribution in [0.5, 0.6) is 0 Å². The lowest BCUT2D eigenvalue weighted by molar-refractivity contribution is 0.0934. The molecule has 6 nitrogen and oxygen atoms in total. The van der Waals surface area contributed by atoms with E-state index < -0.39 is 0 Å². The van der Waals surface area contributed by atoms with Gasteiger partial charge in [-0.15, -0.1) is 11.3 Å². The molecule has 1 aromatic carbocycles. The number of benzene rings is 1. The lowest BCUT2D eigenvalue weighted by Gasteiger charge is -2.28. The molecule has 4 rings (SSSR count). The molecule has 8 heteroatoms. The number of hydrogen-bond acceptors (Lipinski definition) is 5. The molecule has 0 bridgehead atoms. The number of halogens is 1. The first-order valence-corrected chi connectivity index (χ1v) is 9.65. The van der Waals surface area contributed by atoms with Crippen LogP contribution in [0.1, 0.15) is 39.5 Å². The van der Waals surface area contributed by atoms with Crippen LogP contribution in [0.15, 0.2) is 24.3 Å². The first-order valence-electron chi connectivity index (χ1n) is 8.46. The molecule has 3 heterocycles. The van der Waals surface area contributed by atoms with Gasteiger partial charge in [0.15, 0.2) is 0 Å². The summed E-state index contributed by atoms with van der Waals surface area (Å²) in [5.41, 5.74) is 2.63. The highest BCUT2D eigenvalue weighted by Crippen LogP contribution is 2.41. The van der Waals surface area contributed by atoms with Gasteiger partial charge in [-0.3, -0.25) is 4.79 Å². The van der Waals surface area contributed by atoms with Crippen LogP contribution in [0.2, 0.25) is 5.02 Å². The van der Waals surface area contributed by atoms with Crippen LogP contribution < -0.4 is 10.6 Å². The Morgan fingerprint density at radius 3 is 3.04 bits per heavy atom. The van der Waals surface area contributed by atoms with Gasteiger partial charge in [0.1, 0.15) is 11.2 Å². The van der Waals surface area contributed by atoms with E-state index in [0.29, 0.717) is 36.7 Å². The van der Waals surface area contributed by atoms with E-state index in [1.54, 1.807) is 17.9 Å². The van der Waals surface area contributed by atoms with Crippen LogP contribution in [-0.4, -0.2) is 30.1 Å². The Morgan fingerprint density at radius 1 is 1.42 bits per heavy atom. The molecule has 0 spiro atoms. The van der Waals surface area contributed by atoms with Crippen LogP contribution in [0.25, 0.3) is 0 Å². The third kappa shape index (κ3) is 3.01. The van der Waals surface area contributed by atoms with Crippen molar-refractivity contribution in [2.24, 2.45) is 0 Å². The lowest BCUT2D eigenvalue weighted by atomic mass is 10.0. The minimum atomic E-state index is -0.324. The summed E-state index contributed by atoms with van der Waals surface area (Å²) in [6.45, 7) is 3.18. The molecule has 2 amide bonds. The first kappa shape index (κ1) is 17.2. The van der Waals surface area contributed by atoms with Crippen molar-refractivity contribution in [2.75, 3.05) is 18.5 Å². The molecular weight excluding hydrogens is 374 g/mol. The Hall–Kier alpha value is -2.25. The van der Waals surface area contributed by atoms with E-state index in [2.05, 4.69) is 10.6 Å². The Labute approximate surface area is 160 Å². The van der Waals surface area contributed by atoms with Gasteiger partial charge in [0.25, 0.3) is 5.91 Å². The Balaban J connectivity index is 1.61. The average Bonchev–Trinajstić information content (AvgIpc) is 2.99. The molecule has 26 heavy (non-hydrogen) atoms. The number of ether oxygens (including phenoxy) is 1. The highest BCUT2D eigenvalue weighted by atomic mass is 35.5. The molecule has 0 aliphatic carbocycles. The zero-order valence-electron chi connectivity index (χ0n) is 14.2. The van der Waals surface area contributed by atoms with E-state index >= 15 is 0 Å². The molecule has 136 valence electrons. The van der Waals surface area contributed by atoms with Crippen molar-refractivity contribution in [2.45, 2.75) is 26.1 Å². The Morgan fingerprint density at radius 2 is 2.27 bits per heavy atom. The first-order chi connectivity index (χ1) is 12.6. The lowest BCUT2D eigenvalue weighted by Crippen LogP contribution is -2.39. The SMILES string of the molecule is CCOC(=O)N1CCc2c(sc3c2C(=O)N[C@@H](c2cccc(Cl)c2)N3)C1. The second-order valence-electron chi connectivity index (χ2n) is 6.18. The van der Waals surface area contributed by atoms with Crippen LogP contribution in [0, 0.1) is 0 Å². The monoisotopic (exact) mass is 391 g/mol. The maximum Gasteiger partial charge on any atom is 0.410 e. The largest absolute Gasteiger partial charge is 0.450 e. The number of anilines is 1. The van der Waals surface area contributed by atoms with Crippen LogP contribution in [-0.2, 0) is 17.7 Å². The molecule has 0 saturated carbocycles. The van der Waals surface area contributed by atoms with Gasteiger partial charge in [0, 0.05) is 16.4 Å². The molecule has 2 aromatic rings. The third-order valence-electron chi connectivity index (χ3n) is 4.54. The fraction of sp³-hybridized carbons (Fsp3) is 0.333. The van der Waals surface area contributed by atoms with Gasteiger partial charge in [0.2, 0.25) is 0 Å². The summed E-state index contributed by atoms with van der Waals surface area (Å²) in [5.74, 6) is -0.0918. The van der Waals surface area contributed by atoms with Crippen molar-refractivity contribution in [1.82, 2.24) is 10.2 Å². The van der Waals surface area contributed by atoms with Crippen molar-refractivity contribution < 1.29 is 14.3 Å². The predicted molar refractivity (Wildman–Crippen MR) is 101 cm³/mol. The molecule has 0 radical (unpaired) electrons. The molecule has 2 aliphatic rings. The van der Waals surface area contributed by atoms with Crippen molar-refractivity contribution in [3.05, 3.63) is 50.9 Å². The van der Waals surface area contributed by atoms with Gasteiger partial charge in [0.05, 0.1) is 18.7 Å². The molecule has 0 saturated heterocycles. The minimum absolute atomic E-state index is 0.0918. The number of carbonyl (C=O) groups excluding carboxylic acids is 2. The highest BCUT2D eigenvalue weighted by molar-refractivity contribution is 7.16. The number of amides is 2. The summed E-state index contributed by atoms with van der Waals surface area (Å²) in [7, 11) is 0. The number of carbonyl (C=O) groups is 2. The smallest absolute Gasteiger partial charge is 0.410 e. The Bertz CT molecular complexity index is 883. The average molecular weight is 392 g/mol. The molecule has 1 aromatic heterocycles. The van der Waals surface area contributed by atoms with Crippen molar-refractivity contribution in [3.63, 3.8) is 0 Å². The normalized spacial score (nSPS) is 18.5. The van der Waals surface area contributed by atoms with Gasteiger partial charge in [-0.05, 0) is 36.6 Å². The molecule has 2 N–H and O–H groups in total. The summed E-state index contributed by atoms with van der Waals surface area (Å²) >= 11 is 7.60. The molecule has 0 unspecified atom stereocenters. The number of rotatable bonds is 2. The standard InChI is InChI=1S/C18H18ClN3O3S/c1-2-25-18(24)22-7-6-12-13(9-22)26-17-14(12)16(23)20-15(21-17)10-4-3-5-11(19)8-10/h3-5,8,15,21H,2,6-7,9H2,1H3,(H,20,23)/t15-/m1/s1. The quantitative estimate of drug-likeness (QED) is 0.817. The summed E-state index contributed by atoms with van der Waals surface area (Å²) in [5, 5.41) is 7.86. The van der Waals surface area contributed by atoms with E-state index in [9.17, 15) is 9.59 Å². The fourth-order valence-electron chi connectivity index (χ4n) is 3.34. The second-order valence-corrected chi connectivity index (χ2v) is 7.73. The topological polar surface area (TPSA) is 70.7 Å². The molecule has 2 aliphatic heterocycles. The van der Waals surface area contributed by atoms with Crippen LogP contribution in [0.4, 0.5) is 9.80 Å². The van der Waals surface area contributed by atoms with Crippen LogP contribution in [0.3, 0.4) is 0 Å². The van der Waals surface area contributed by atoms with E-state index in [1.165, 1.54) is 11.3 Å².